The minimum atomic E-state index is 0.768. The maximum absolute atomic E-state index is 5.89. The lowest BCUT2D eigenvalue weighted by Crippen LogP contribution is -2.13. The van der Waals surface area contributed by atoms with E-state index in [0.29, 0.717) is 0 Å². The number of rotatable bonds is 3. The summed E-state index contributed by atoms with van der Waals surface area (Å²) < 4.78 is 5.17. The standard InChI is InChI=1S/C11H15NOS/c1-13-8-5-6-10(12)11(7-8)14-9-3-2-4-9/h5-7,9H,2-4,12H2,1H3. The highest BCUT2D eigenvalue weighted by atomic mass is 32.2. The Morgan fingerprint density at radius 2 is 2.21 bits per heavy atom. The molecule has 1 aromatic rings. The molecule has 76 valence electrons. The number of nitrogens with two attached hydrogens (primary N) is 1. The SMILES string of the molecule is COc1ccc(N)c(SC2CCC2)c1. The van der Waals surface area contributed by atoms with E-state index in [2.05, 4.69) is 0 Å². The van der Waals surface area contributed by atoms with E-state index >= 15 is 0 Å². The van der Waals surface area contributed by atoms with Crippen molar-refractivity contribution in [2.24, 2.45) is 0 Å². The van der Waals surface area contributed by atoms with E-state index < -0.39 is 0 Å². The van der Waals surface area contributed by atoms with Crippen molar-refractivity contribution in [2.45, 2.75) is 29.4 Å². The Kier molecular flexibility index (Phi) is 2.87. The Hall–Kier alpha value is -0.830. The van der Waals surface area contributed by atoms with E-state index in [9.17, 15) is 0 Å². The molecule has 0 unspecified atom stereocenters. The van der Waals surface area contributed by atoms with Crippen molar-refractivity contribution in [1.82, 2.24) is 0 Å². The molecule has 2 nitrogen and oxygen atoms in total. The van der Waals surface area contributed by atoms with Crippen molar-refractivity contribution in [2.75, 3.05) is 12.8 Å². The summed E-state index contributed by atoms with van der Waals surface area (Å²) >= 11 is 1.88. The first-order valence-electron chi connectivity index (χ1n) is 4.90. The molecule has 1 saturated carbocycles. The van der Waals surface area contributed by atoms with Gasteiger partial charge in [-0.15, -0.1) is 11.8 Å². The van der Waals surface area contributed by atoms with Gasteiger partial charge in [0.25, 0.3) is 0 Å². The van der Waals surface area contributed by atoms with Gasteiger partial charge < -0.3 is 10.5 Å². The van der Waals surface area contributed by atoms with Crippen LogP contribution in [-0.2, 0) is 0 Å². The fourth-order valence-corrected chi connectivity index (χ4v) is 2.73. The predicted molar refractivity (Wildman–Crippen MR) is 60.9 cm³/mol. The van der Waals surface area contributed by atoms with Crippen LogP contribution in [0.25, 0.3) is 0 Å². The summed E-state index contributed by atoms with van der Waals surface area (Å²) in [6.45, 7) is 0. The molecule has 2 N–H and O–H groups in total. The van der Waals surface area contributed by atoms with Gasteiger partial charge in [-0.05, 0) is 31.0 Å². The number of benzene rings is 1. The van der Waals surface area contributed by atoms with E-state index in [1.807, 2.05) is 30.0 Å². The zero-order valence-electron chi connectivity index (χ0n) is 8.32. The highest BCUT2D eigenvalue weighted by Gasteiger charge is 2.19. The third kappa shape index (κ3) is 1.98. The fourth-order valence-electron chi connectivity index (χ4n) is 1.41. The van der Waals surface area contributed by atoms with Crippen molar-refractivity contribution < 1.29 is 4.74 Å². The molecule has 1 fully saturated rings. The molecule has 3 heteroatoms. The molecule has 0 atom stereocenters. The highest BCUT2D eigenvalue weighted by Crippen LogP contribution is 2.39. The monoisotopic (exact) mass is 209 g/mol. The lowest BCUT2D eigenvalue weighted by Gasteiger charge is -2.25. The van der Waals surface area contributed by atoms with Crippen molar-refractivity contribution in [1.29, 1.82) is 0 Å². The van der Waals surface area contributed by atoms with Crippen LogP contribution in [0.4, 0.5) is 5.69 Å². The van der Waals surface area contributed by atoms with Gasteiger partial charge in [-0.2, -0.15) is 0 Å². The Labute approximate surface area is 88.8 Å². The summed E-state index contributed by atoms with van der Waals surface area (Å²) in [6.07, 6.45) is 4.00. The van der Waals surface area contributed by atoms with Gasteiger partial charge in [0.15, 0.2) is 0 Å². The van der Waals surface area contributed by atoms with Crippen molar-refractivity contribution >= 4 is 17.4 Å². The molecule has 0 aromatic heterocycles. The largest absolute Gasteiger partial charge is 0.497 e. The molecular formula is C11H15NOS. The average molecular weight is 209 g/mol. The molecule has 0 bridgehead atoms. The Balaban J connectivity index is 2.13. The van der Waals surface area contributed by atoms with Crippen LogP contribution < -0.4 is 10.5 Å². The quantitative estimate of drug-likeness (QED) is 0.777. The van der Waals surface area contributed by atoms with Crippen molar-refractivity contribution in [3.63, 3.8) is 0 Å². The van der Waals surface area contributed by atoms with Gasteiger partial charge in [0.2, 0.25) is 0 Å². The summed E-state index contributed by atoms with van der Waals surface area (Å²) in [7, 11) is 1.68. The summed E-state index contributed by atoms with van der Waals surface area (Å²) in [4.78, 5) is 1.16. The van der Waals surface area contributed by atoms with E-state index in [0.717, 1.165) is 21.6 Å². The van der Waals surface area contributed by atoms with Crippen LogP contribution in [0.15, 0.2) is 23.1 Å². The Morgan fingerprint density at radius 3 is 2.79 bits per heavy atom. The van der Waals surface area contributed by atoms with Crippen LogP contribution in [0.2, 0.25) is 0 Å². The number of ether oxygens (including phenoxy) is 1. The number of anilines is 1. The summed E-state index contributed by atoms with van der Waals surface area (Å²) in [6, 6.07) is 5.85. The lowest BCUT2D eigenvalue weighted by atomic mass is 10.00. The third-order valence-corrected chi connectivity index (χ3v) is 3.98. The van der Waals surface area contributed by atoms with E-state index in [-0.39, 0.29) is 0 Å². The lowest BCUT2D eigenvalue weighted by molar-refractivity contribution is 0.414. The van der Waals surface area contributed by atoms with Crippen LogP contribution in [0.1, 0.15) is 19.3 Å². The molecule has 1 aromatic carbocycles. The minimum absolute atomic E-state index is 0.768. The molecule has 2 rings (SSSR count). The number of hydrogen-bond acceptors (Lipinski definition) is 3. The summed E-state index contributed by atoms with van der Waals surface area (Å²) in [5.74, 6) is 0.890. The fraction of sp³-hybridized carbons (Fsp3) is 0.455. The van der Waals surface area contributed by atoms with E-state index in [4.69, 9.17) is 10.5 Å². The molecule has 14 heavy (non-hydrogen) atoms. The Morgan fingerprint density at radius 1 is 1.43 bits per heavy atom. The molecule has 0 spiro atoms. The average Bonchev–Trinajstić information content (AvgIpc) is 2.14. The minimum Gasteiger partial charge on any atom is -0.497 e. The van der Waals surface area contributed by atoms with Gasteiger partial charge in [-0.25, -0.2) is 0 Å². The number of hydrogen-bond donors (Lipinski definition) is 1. The van der Waals surface area contributed by atoms with Crippen molar-refractivity contribution in [3.05, 3.63) is 18.2 Å². The van der Waals surface area contributed by atoms with Gasteiger partial charge in [0.1, 0.15) is 5.75 Å². The van der Waals surface area contributed by atoms with Crippen LogP contribution in [-0.4, -0.2) is 12.4 Å². The van der Waals surface area contributed by atoms with E-state index in [1.165, 1.54) is 19.3 Å². The number of methoxy groups -OCH3 is 1. The molecule has 0 amide bonds. The topological polar surface area (TPSA) is 35.2 Å². The van der Waals surface area contributed by atoms with Gasteiger partial charge in [-0.1, -0.05) is 6.42 Å². The first-order valence-corrected chi connectivity index (χ1v) is 5.78. The predicted octanol–water partition coefficient (Wildman–Crippen LogP) is 2.92. The molecule has 0 aliphatic heterocycles. The maximum atomic E-state index is 5.89. The van der Waals surface area contributed by atoms with Gasteiger partial charge in [-0.3, -0.25) is 0 Å². The smallest absolute Gasteiger partial charge is 0.120 e. The molecular weight excluding hydrogens is 194 g/mol. The molecule has 0 saturated heterocycles. The first kappa shape index (κ1) is 9.71. The van der Waals surface area contributed by atoms with Crippen LogP contribution in [0.3, 0.4) is 0 Å². The maximum Gasteiger partial charge on any atom is 0.120 e. The summed E-state index contributed by atoms with van der Waals surface area (Å²) in [5, 5.41) is 0.768. The van der Waals surface area contributed by atoms with Crippen LogP contribution in [0, 0.1) is 0 Å². The second-order valence-electron chi connectivity index (χ2n) is 3.57. The van der Waals surface area contributed by atoms with Gasteiger partial charge in [0, 0.05) is 15.8 Å². The zero-order chi connectivity index (χ0) is 9.97. The molecule has 1 aliphatic carbocycles. The van der Waals surface area contributed by atoms with Crippen molar-refractivity contribution in [3.8, 4) is 5.75 Å². The molecule has 1 aliphatic rings. The number of thioether (sulfide) groups is 1. The highest BCUT2D eigenvalue weighted by molar-refractivity contribution is 8.00. The van der Waals surface area contributed by atoms with Gasteiger partial charge >= 0.3 is 0 Å². The first-order chi connectivity index (χ1) is 6.79. The van der Waals surface area contributed by atoms with Gasteiger partial charge in [0.05, 0.1) is 7.11 Å². The molecule has 0 radical (unpaired) electrons. The second kappa shape index (κ2) is 4.13. The van der Waals surface area contributed by atoms with E-state index in [1.54, 1.807) is 7.11 Å². The Bertz CT molecular complexity index is 323. The third-order valence-electron chi connectivity index (χ3n) is 2.57. The van der Waals surface area contributed by atoms with Crippen LogP contribution >= 0.6 is 11.8 Å². The number of nitrogen functional groups attached to an aromatic ring is 1. The normalized spacial score (nSPS) is 16.4. The summed E-state index contributed by atoms with van der Waals surface area (Å²) in [5.41, 5.74) is 6.76. The zero-order valence-corrected chi connectivity index (χ0v) is 9.14. The second-order valence-corrected chi connectivity index (χ2v) is 4.92. The molecule has 0 heterocycles. The van der Waals surface area contributed by atoms with Crippen LogP contribution in [0.5, 0.6) is 5.75 Å².